The summed E-state index contributed by atoms with van der Waals surface area (Å²) >= 11 is 6.60. The summed E-state index contributed by atoms with van der Waals surface area (Å²) in [6.45, 7) is 4.33. The lowest BCUT2D eigenvalue weighted by atomic mass is 9.71. The number of unbranched alkanes of at least 4 members (excludes halogenated alkanes) is 1. The van der Waals surface area contributed by atoms with Gasteiger partial charge in [0.05, 0.1) is 6.61 Å². The molecule has 1 aliphatic carbocycles. The molecular formula is C22H24ClNO5. The smallest absolute Gasteiger partial charge is 0.315 e. The molecule has 2 heterocycles. The molecule has 154 valence electrons. The Morgan fingerprint density at radius 2 is 2.03 bits per heavy atom. The Labute approximate surface area is 174 Å². The lowest BCUT2D eigenvalue weighted by molar-refractivity contribution is -0.146. The van der Waals surface area contributed by atoms with E-state index in [4.69, 9.17) is 25.8 Å². The van der Waals surface area contributed by atoms with Gasteiger partial charge in [0.1, 0.15) is 5.92 Å². The summed E-state index contributed by atoms with van der Waals surface area (Å²) in [6.07, 6.45) is 3.65. The van der Waals surface area contributed by atoms with Crippen LogP contribution in [0.15, 0.2) is 28.4 Å². The lowest BCUT2D eigenvalue weighted by Crippen LogP contribution is -2.37. The summed E-state index contributed by atoms with van der Waals surface area (Å²) in [7, 11) is 0. The Hall–Kier alpha value is -2.34. The number of hydrogen-bond acceptors (Lipinski definition) is 6. The molecule has 0 saturated heterocycles. The summed E-state index contributed by atoms with van der Waals surface area (Å²) in [5.74, 6) is -0.452. The van der Waals surface area contributed by atoms with E-state index >= 15 is 0 Å². The Bertz CT molecular complexity index is 920. The SMILES string of the molecule is CCCCOC(=O)C1C(C)=NC2=C(C(=O)CCC2)[C@H]1c1cc2c(cc1Cl)OCO2. The molecule has 0 fully saturated rings. The van der Waals surface area contributed by atoms with Crippen LogP contribution in [0.4, 0.5) is 0 Å². The zero-order chi connectivity index (χ0) is 20.5. The fourth-order valence-corrected chi connectivity index (χ4v) is 4.50. The van der Waals surface area contributed by atoms with Crippen LogP contribution in [0.3, 0.4) is 0 Å². The maximum absolute atomic E-state index is 13.1. The third-order valence-electron chi connectivity index (χ3n) is 5.66. The van der Waals surface area contributed by atoms with Crippen LogP contribution < -0.4 is 9.47 Å². The van der Waals surface area contributed by atoms with Gasteiger partial charge in [-0.2, -0.15) is 0 Å². The number of ketones is 1. The maximum atomic E-state index is 13.1. The van der Waals surface area contributed by atoms with Crippen molar-refractivity contribution in [3.63, 3.8) is 0 Å². The number of aliphatic imine (C=N–C) groups is 1. The summed E-state index contributed by atoms with van der Waals surface area (Å²) in [6, 6.07) is 3.47. The van der Waals surface area contributed by atoms with Gasteiger partial charge in [-0.25, -0.2) is 0 Å². The van der Waals surface area contributed by atoms with E-state index in [-0.39, 0.29) is 18.5 Å². The first kappa shape index (κ1) is 20.0. The topological polar surface area (TPSA) is 74.2 Å². The Morgan fingerprint density at radius 1 is 1.28 bits per heavy atom. The molecule has 1 aromatic rings. The van der Waals surface area contributed by atoms with Gasteiger partial charge in [0.15, 0.2) is 17.3 Å². The Morgan fingerprint density at radius 3 is 2.79 bits per heavy atom. The number of fused-ring (bicyclic) bond motifs is 1. The number of nitrogens with zero attached hydrogens (tertiary/aromatic N) is 1. The first-order valence-corrected chi connectivity index (χ1v) is 10.5. The van der Waals surface area contributed by atoms with Crippen LogP contribution in [0.5, 0.6) is 11.5 Å². The molecule has 7 heteroatoms. The number of esters is 1. The molecule has 2 aliphatic heterocycles. The second-order valence-corrected chi connectivity index (χ2v) is 8.00. The number of rotatable bonds is 5. The Kier molecular flexibility index (Phi) is 5.63. The van der Waals surface area contributed by atoms with E-state index in [1.807, 2.05) is 13.8 Å². The average Bonchev–Trinajstić information content (AvgIpc) is 3.13. The van der Waals surface area contributed by atoms with Gasteiger partial charge >= 0.3 is 5.97 Å². The fraction of sp³-hybridized carbons (Fsp3) is 0.500. The van der Waals surface area contributed by atoms with Gasteiger partial charge in [-0.1, -0.05) is 24.9 Å². The normalized spacial score (nSPS) is 23.0. The van der Waals surface area contributed by atoms with Crippen molar-refractivity contribution in [2.45, 2.75) is 51.9 Å². The second kappa shape index (κ2) is 8.19. The number of carbonyl (C=O) groups is 2. The quantitative estimate of drug-likeness (QED) is 0.517. The predicted octanol–water partition coefficient (Wildman–Crippen LogP) is 4.59. The van der Waals surface area contributed by atoms with E-state index in [0.29, 0.717) is 52.8 Å². The van der Waals surface area contributed by atoms with Crippen molar-refractivity contribution in [3.05, 3.63) is 34.0 Å². The van der Waals surface area contributed by atoms with Crippen LogP contribution in [0.2, 0.25) is 5.02 Å². The molecule has 3 aliphatic rings. The van der Waals surface area contributed by atoms with Gasteiger partial charge in [0.25, 0.3) is 0 Å². The molecule has 0 spiro atoms. The van der Waals surface area contributed by atoms with E-state index in [0.717, 1.165) is 25.0 Å². The van der Waals surface area contributed by atoms with Gasteiger partial charge in [0, 0.05) is 40.4 Å². The van der Waals surface area contributed by atoms with Crippen molar-refractivity contribution in [3.8, 4) is 11.5 Å². The molecule has 0 saturated carbocycles. The van der Waals surface area contributed by atoms with E-state index in [1.165, 1.54) is 0 Å². The summed E-state index contributed by atoms with van der Waals surface area (Å²) in [4.78, 5) is 30.6. The van der Waals surface area contributed by atoms with E-state index < -0.39 is 11.8 Å². The van der Waals surface area contributed by atoms with Crippen molar-refractivity contribution in [1.29, 1.82) is 0 Å². The minimum atomic E-state index is -0.689. The number of benzene rings is 1. The second-order valence-electron chi connectivity index (χ2n) is 7.59. The monoisotopic (exact) mass is 417 g/mol. The number of hydrogen-bond donors (Lipinski definition) is 0. The van der Waals surface area contributed by atoms with E-state index in [1.54, 1.807) is 12.1 Å². The number of halogens is 1. The number of carbonyl (C=O) groups excluding carboxylic acids is 2. The lowest BCUT2D eigenvalue weighted by Gasteiger charge is -2.34. The average molecular weight is 418 g/mol. The standard InChI is InChI=1S/C22H24ClNO5/c1-3-4-8-27-22(26)19-12(2)24-15-6-5-7-16(25)21(15)20(19)13-9-17-18(10-14(13)23)29-11-28-17/h9-10,19-20H,3-8,11H2,1-2H3/t19?,20-/m0/s1. The van der Waals surface area contributed by atoms with Gasteiger partial charge in [-0.3, -0.25) is 14.6 Å². The molecule has 0 aromatic heterocycles. The third kappa shape index (κ3) is 3.66. The van der Waals surface area contributed by atoms with E-state index in [2.05, 4.69) is 4.99 Å². The maximum Gasteiger partial charge on any atom is 0.315 e. The first-order chi connectivity index (χ1) is 14.0. The zero-order valence-corrected chi connectivity index (χ0v) is 17.4. The number of ether oxygens (including phenoxy) is 3. The summed E-state index contributed by atoms with van der Waals surface area (Å²) < 4.78 is 16.5. The van der Waals surface area contributed by atoms with Crippen molar-refractivity contribution in [1.82, 2.24) is 0 Å². The summed E-state index contributed by atoms with van der Waals surface area (Å²) in [5.41, 5.74) is 2.67. The molecule has 1 unspecified atom stereocenters. The van der Waals surface area contributed by atoms with Gasteiger partial charge in [-0.15, -0.1) is 0 Å². The van der Waals surface area contributed by atoms with Crippen LogP contribution in [-0.4, -0.2) is 30.9 Å². The molecule has 0 radical (unpaired) electrons. The molecule has 6 nitrogen and oxygen atoms in total. The highest BCUT2D eigenvalue weighted by molar-refractivity contribution is 6.32. The molecule has 1 aromatic carbocycles. The fourth-order valence-electron chi connectivity index (χ4n) is 4.23. The molecule has 0 amide bonds. The molecule has 0 bridgehead atoms. The number of allylic oxidation sites excluding steroid dienone is 2. The highest BCUT2D eigenvalue weighted by Crippen LogP contribution is 2.48. The Balaban J connectivity index is 1.81. The van der Waals surface area contributed by atoms with Crippen molar-refractivity contribution < 1.29 is 23.8 Å². The molecule has 29 heavy (non-hydrogen) atoms. The molecule has 0 N–H and O–H groups in total. The first-order valence-electron chi connectivity index (χ1n) is 10.1. The van der Waals surface area contributed by atoms with Crippen molar-refractivity contribution in [2.75, 3.05) is 13.4 Å². The predicted molar refractivity (Wildman–Crippen MR) is 109 cm³/mol. The molecule has 2 atom stereocenters. The summed E-state index contributed by atoms with van der Waals surface area (Å²) in [5, 5.41) is 0.436. The van der Waals surface area contributed by atoms with Crippen LogP contribution in [0.25, 0.3) is 0 Å². The van der Waals surface area contributed by atoms with Gasteiger partial charge < -0.3 is 14.2 Å². The zero-order valence-electron chi connectivity index (χ0n) is 16.6. The van der Waals surface area contributed by atoms with Crippen LogP contribution in [0, 0.1) is 5.92 Å². The van der Waals surface area contributed by atoms with Crippen molar-refractivity contribution in [2.24, 2.45) is 10.9 Å². The van der Waals surface area contributed by atoms with Crippen LogP contribution >= 0.6 is 11.6 Å². The van der Waals surface area contributed by atoms with Crippen LogP contribution in [0.1, 0.15) is 57.4 Å². The van der Waals surface area contributed by atoms with Crippen molar-refractivity contribution >= 4 is 29.1 Å². The largest absolute Gasteiger partial charge is 0.465 e. The van der Waals surface area contributed by atoms with Gasteiger partial charge in [0.2, 0.25) is 6.79 Å². The van der Waals surface area contributed by atoms with E-state index in [9.17, 15) is 9.59 Å². The van der Waals surface area contributed by atoms with Crippen LogP contribution in [-0.2, 0) is 14.3 Å². The minimum absolute atomic E-state index is 0.0209. The molecular weight excluding hydrogens is 394 g/mol. The minimum Gasteiger partial charge on any atom is -0.465 e. The molecule has 4 rings (SSSR count). The highest BCUT2D eigenvalue weighted by atomic mass is 35.5. The van der Waals surface area contributed by atoms with Gasteiger partial charge in [-0.05, 0) is 37.8 Å². The third-order valence-corrected chi connectivity index (χ3v) is 5.98. The number of Topliss-reactive ketones (excluding diaryl/α,β-unsaturated/α-hetero) is 1. The highest BCUT2D eigenvalue weighted by Gasteiger charge is 2.44.